The van der Waals surface area contributed by atoms with Gasteiger partial charge in [-0.3, -0.25) is 4.79 Å². The highest BCUT2D eigenvalue weighted by molar-refractivity contribution is 5.90. The van der Waals surface area contributed by atoms with E-state index in [-0.39, 0.29) is 12.3 Å². The SMILES string of the molecule is CCOC(=O)c1[nH]c(C)cc(=O)c1OC(F)(F)F. The van der Waals surface area contributed by atoms with E-state index in [2.05, 4.69) is 14.5 Å². The number of pyridine rings is 1. The number of aryl methyl sites for hydroxylation is 1. The number of aromatic amines is 1. The van der Waals surface area contributed by atoms with E-state index in [4.69, 9.17) is 0 Å². The van der Waals surface area contributed by atoms with Gasteiger partial charge in [-0.1, -0.05) is 0 Å². The molecule has 0 bridgehead atoms. The molecule has 1 aromatic heterocycles. The number of ether oxygens (including phenoxy) is 2. The molecular weight excluding hydrogens is 255 g/mol. The summed E-state index contributed by atoms with van der Waals surface area (Å²) < 4.78 is 44.5. The third kappa shape index (κ3) is 3.51. The molecule has 1 rings (SSSR count). The van der Waals surface area contributed by atoms with Crippen molar-refractivity contribution in [2.45, 2.75) is 20.2 Å². The lowest BCUT2D eigenvalue weighted by molar-refractivity contribution is -0.275. The number of alkyl halides is 3. The molecule has 18 heavy (non-hydrogen) atoms. The molecule has 0 aliphatic carbocycles. The summed E-state index contributed by atoms with van der Waals surface area (Å²) >= 11 is 0. The number of nitrogens with one attached hydrogen (secondary N) is 1. The number of carbonyl (C=O) groups excluding carboxylic acids is 1. The van der Waals surface area contributed by atoms with E-state index in [9.17, 15) is 22.8 Å². The van der Waals surface area contributed by atoms with E-state index in [1.165, 1.54) is 13.8 Å². The van der Waals surface area contributed by atoms with Gasteiger partial charge in [0.05, 0.1) is 6.61 Å². The quantitative estimate of drug-likeness (QED) is 0.845. The smallest absolute Gasteiger partial charge is 0.461 e. The molecule has 0 saturated heterocycles. The van der Waals surface area contributed by atoms with Crippen LogP contribution in [0.1, 0.15) is 23.1 Å². The maximum absolute atomic E-state index is 12.1. The molecule has 8 heteroatoms. The molecule has 0 amide bonds. The molecule has 1 N–H and O–H groups in total. The maximum Gasteiger partial charge on any atom is 0.573 e. The Kier molecular flexibility index (Phi) is 4.00. The highest BCUT2D eigenvalue weighted by Gasteiger charge is 2.35. The van der Waals surface area contributed by atoms with Crippen LogP contribution in [0.5, 0.6) is 5.75 Å². The topological polar surface area (TPSA) is 68.4 Å². The second kappa shape index (κ2) is 5.11. The van der Waals surface area contributed by atoms with Crippen LogP contribution in [-0.2, 0) is 4.74 Å². The van der Waals surface area contributed by atoms with Gasteiger partial charge >= 0.3 is 12.3 Å². The molecule has 0 aromatic carbocycles. The Labute approximate surface area is 99.5 Å². The fraction of sp³-hybridized carbons (Fsp3) is 0.400. The zero-order chi connectivity index (χ0) is 13.9. The molecule has 0 unspecified atom stereocenters. The summed E-state index contributed by atoms with van der Waals surface area (Å²) in [5.41, 5.74) is -1.48. The summed E-state index contributed by atoms with van der Waals surface area (Å²) in [5.74, 6) is -2.20. The first kappa shape index (κ1) is 14.1. The van der Waals surface area contributed by atoms with E-state index < -0.39 is 29.2 Å². The number of H-pyrrole nitrogens is 1. The van der Waals surface area contributed by atoms with Gasteiger partial charge in [-0.15, -0.1) is 13.2 Å². The highest BCUT2D eigenvalue weighted by Crippen LogP contribution is 2.22. The monoisotopic (exact) mass is 265 g/mol. The number of hydrogen-bond donors (Lipinski definition) is 1. The molecule has 0 aliphatic rings. The Morgan fingerprint density at radius 1 is 1.44 bits per heavy atom. The molecule has 0 aliphatic heterocycles. The van der Waals surface area contributed by atoms with Crippen molar-refractivity contribution in [3.05, 3.63) is 27.7 Å². The van der Waals surface area contributed by atoms with Crippen molar-refractivity contribution < 1.29 is 27.4 Å². The molecular formula is C10H10F3NO4. The summed E-state index contributed by atoms with van der Waals surface area (Å²) in [6, 6.07) is 0.893. The van der Waals surface area contributed by atoms with Gasteiger partial charge in [-0.05, 0) is 13.8 Å². The van der Waals surface area contributed by atoms with Crippen LogP contribution in [0.25, 0.3) is 0 Å². The normalized spacial score (nSPS) is 11.2. The highest BCUT2D eigenvalue weighted by atomic mass is 19.4. The minimum atomic E-state index is -5.07. The van der Waals surface area contributed by atoms with E-state index in [1.807, 2.05) is 0 Å². The van der Waals surface area contributed by atoms with E-state index in [0.717, 1.165) is 6.07 Å². The second-order valence-corrected chi connectivity index (χ2v) is 3.29. The van der Waals surface area contributed by atoms with Gasteiger partial charge in [0.15, 0.2) is 5.69 Å². The summed E-state index contributed by atoms with van der Waals surface area (Å²) in [6.45, 7) is 2.86. The first-order valence-corrected chi connectivity index (χ1v) is 4.91. The van der Waals surface area contributed by atoms with Crippen molar-refractivity contribution in [1.29, 1.82) is 0 Å². The Balaban J connectivity index is 3.30. The maximum atomic E-state index is 12.1. The standard InChI is InChI=1S/C10H10F3NO4/c1-3-17-9(16)7-8(18-10(11,12)13)6(15)4-5(2)14-7/h4H,3H2,1-2H3,(H,14,15). The van der Waals surface area contributed by atoms with Gasteiger partial charge in [0.1, 0.15) is 0 Å². The van der Waals surface area contributed by atoms with Crippen LogP contribution in [0.2, 0.25) is 0 Å². The zero-order valence-electron chi connectivity index (χ0n) is 9.55. The Hall–Kier alpha value is -1.99. The summed E-state index contributed by atoms with van der Waals surface area (Å²) in [5, 5.41) is 0. The predicted molar refractivity (Wildman–Crippen MR) is 54.4 cm³/mol. The molecule has 0 radical (unpaired) electrons. The van der Waals surface area contributed by atoms with Gasteiger partial charge in [0.25, 0.3) is 0 Å². The van der Waals surface area contributed by atoms with Gasteiger partial charge in [0, 0.05) is 11.8 Å². The van der Waals surface area contributed by atoms with Crippen molar-refractivity contribution in [3.63, 3.8) is 0 Å². The van der Waals surface area contributed by atoms with Crippen LogP contribution >= 0.6 is 0 Å². The Bertz CT molecular complexity index is 507. The van der Waals surface area contributed by atoms with Gasteiger partial charge in [-0.2, -0.15) is 0 Å². The van der Waals surface area contributed by atoms with Crippen molar-refractivity contribution in [3.8, 4) is 5.75 Å². The molecule has 0 atom stereocenters. The third-order valence-corrected chi connectivity index (χ3v) is 1.82. The Morgan fingerprint density at radius 2 is 2.06 bits per heavy atom. The fourth-order valence-electron chi connectivity index (χ4n) is 1.24. The lowest BCUT2D eigenvalue weighted by atomic mass is 10.2. The summed E-state index contributed by atoms with van der Waals surface area (Å²) in [4.78, 5) is 25.1. The largest absolute Gasteiger partial charge is 0.573 e. The molecule has 1 aromatic rings. The molecule has 0 fully saturated rings. The number of rotatable bonds is 3. The van der Waals surface area contributed by atoms with Crippen LogP contribution in [0.4, 0.5) is 13.2 Å². The van der Waals surface area contributed by atoms with Crippen molar-refractivity contribution >= 4 is 5.97 Å². The van der Waals surface area contributed by atoms with Crippen molar-refractivity contribution in [2.75, 3.05) is 6.61 Å². The lowest BCUT2D eigenvalue weighted by Gasteiger charge is -2.12. The lowest BCUT2D eigenvalue weighted by Crippen LogP contribution is -2.25. The average Bonchev–Trinajstić information content (AvgIpc) is 2.20. The first-order chi connectivity index (χ1) is 8.24. The van der Waals surface area contributed by atoms with Gasteiger partial charge in [0.2, 0.25) is 11.2 Å². The van der Waals surface area contributed by atoms with Crippen LogP contribution in [0.3, 0.4) is 0 Å². The predicted octanol–water partition coefficient (Wildman–Crippen LogP) is 1.76. The van der Waals surface area contributed by atoms with E-state index in [0.29, 0.717) is 0 Å². The average molecular weight is 265 g/mol. The van der Waals surface area contributed by atoms with Crippen LogP contribution < -0.4 is 10.2 Å². The molecule has 0 saturated carbocycles. The second-order valence-electron chi connectivity index (χ2n) is 3.29. The van der Waals surface area contributed by atoms with Crippen LogP contribution in [-0.4, -0.2) is 23.9 Å². The fourth-order valence-corrected chi connectivity index (χ4v) is 1.24. The first-order valence-electron chi connectivity index (χ1n) is 4.91. The van der Waals surface area contributed by atoms with Crippen molar-refractivity contribution in [1.82, 2.24) is 4.98 Å². The zero-order valence-corrected chi connectivity index (χ0v) is 9.55. The van der Waals surface area contributed by atoms with Gasteiger partial charge in [-0.25, -0.2) is 4.79 Å². The minimum Gasteiger partial charge on any atom is -0.461 e. The summed E-state index contributed by atoms with van der Waals surface area (Å²) in [7, 11) is 0. The van der Waals surface area contributed by atoms with E-state index in [1.54, 1.807) is 0 Å². The van der Waals surface area contributed by atoms with E-state index >= 15 is 0 Å². The minimum absolute atomic E-state index is 0.0414. The van der Waals surface area contributed by atoms with Crippen LogP contribution in [0.15, 0.2) is 10.9 Å². The Morgan fingerprint density at radius 3 is 2.56 bits per heavy atom. The number of hydrogen-bond acceptors (Lipinski definition) is 4. The summed E-state index contributed by atoms with van der Waals surface area (Å²) in [6.07, 6.45) is -5.07. The number of aromatic nitrogens is 1. The number of esters is 1. The third-order valence-electron chi connectivity index (χ3n) is 1.82. The molecule has 5 nitrogen and oxygen atoms in total. The molecule has 100 valence electrons. The van der Waals surface area contributed by atoms with Crippen LogP contribution in [0, 0.1) is 6.92 Å². The number of halogens is 3. The van der Waals surface area contributed by atoms with Gasteiger partial charge < -0.3 is 14.5 Å². The number of carbonyl (C=O) groups is 1. The molecule has 0 spiro atoms. The molecule has 1 heterocycles. The van der Waals surface area contributed by atoms with Crippen molar-refractivity contribution in [2.24, 2.45) is 0 Å².